The van der Waals surface area contributed by atoms with E-state index >= 15 is 0 Å². The van der Waals surface area contributed by atoms with Crippen LogP contribution in [0.2, 0.25) is 0 Å². The molecular weight excluding hydrogens is 316 g/mol. The van der Waals surface area contributed by atoms with Crippen LogP contribution in [0.5, 0.6) is 0 Å². The average molecular weight is 340 g/mol. The number of nitrogens with zero attached hydrogens (tertiary/aromatic N) is 2. The average Bonchev–Trinajstić information content (AvgIpc) is 3.03. The van der Waals surface area contributed by atoms with Gasteiger partial charge in [-0.3, -0.25) is 9.69 Å². The van der Waals surface area contributed by atoms with Crippen molar-refractivity contribution in [1.82, 2.24) is 9.80 Å². The molecule has 128 valence electrons. The predicted octanol–water partition coefficient (Wildman–Crippen LogP) is 0.938. The Morgan fingerprint density at radius 2 is 2.30 bits per heavy atom. The minimum absolute atomic E-state index is 0.0929. The molecule has 7 heteroatoms. The summed E-state index contributed by atoms with van der Waals surface area (Å²) in [7, 11) is 1.71. The lowest BCUT2D eigenvalue weighted by atomic mass is 10.0. The number of carbonyl (C=O) groups excluding carboxylic acids is 1. The van der Waals surface area contributed by atoms with E-state index in [9.17, 15) is 4.79 Å². The third-order valence-electron chi connectivity index (χ3n) is 4.31. The Morgan fingerprint density at radius 1 is 1.39 bits per heavy atom. The molecule has 1 spiro atoms. The summed E-state index contributed by atoms with van der Waals surface area (Å²) in [6, 6.07) is 3.79. The molecule has 3 heterocycles. The second-order valence-corrected chi connectivity index (χ2v) is 7.00. The molecule has 2 saturated heterocycles. The number of methoxy groups -OCH3 is 1. The van der Waals surface area contributed by atoms with Gasteiger partial charge >= 0.3 is 0 Å². The van der Waals surface area contributed by atoms with Crippen molar-refractivity contribution in [3.8, 4) is 0 Å². The maximum absolute atomic E-state index is 12.6. The van der Waals surface area contributed by atoms with Crippen molar-refractivity contribution in [2.75, 3.05) is 66.3 Å². The van der Waals surface area contributed by atoms with Crippen LogP contribution in [0.1, 0.15) is 9.67 Å². The molecule has 0 radical (unpaired) electrons. The van der Waals surface area contributed by atoms with E-state index in [1.54, 1.807) is 7.11 Å². The minimum atomic E-state index is -0.435. The third kappa shape index (κ3) is 4.10. The number of ether oxygens (including phenoxy) is 3. The first-order valence-corrected chi connectivity index (χ1v) is 8.86. The fourth-order valence-electron chi connectivity index (χ4n) is 3.15. The zero-order valence-corrected chi connectivity index (χ0v) is 14.3. The number of hydrogen-bond acceptors (Lipinski definition) is 6. The molecule has 0 N–H and O–H groups in total. The summed E-state index contributed by atoms with van der Waals surface area (Å²) in [5, 5.41) is 1.94. The normalized spacial score (nSPS) is 26.4. The van der Waals surface area contributed by atoms with Crippen LogP contribution in [0, 0.1) is 0 Å². The highest BCUT2D eigenvalue weighted by Crippen LogP contribution is 2.24. The monoisotopic (exact) mass is 340 g/mol. The molecule has 1 aromatic rings. The van der Waals surface area contributed by atoms with E-state index < -0.39 is 5.60 Å². The van der Waals surface area contributed by atoms with Crippen molar-refractivity contribution in [3.63, 3.8) is 0 Å². The predicted molar refractivity (Wildman–Crippen MR) is 88.0 cm³/mol. The van der Waals surface area contributed by atoms with Gasteiger partial charge in [0.2, 0.25) is 0 Å². The maximum Gasteiger partial charge on any atom is 0.264 e. The van der Waals surface area contributed by atoms with Gasteiger partial charge in [0.15, 0.2) is 0 Å². The Balaban J connectivity index is 1.68. The van der Waals surface area contributed by atoms with Crippen molar-refractivity contribution in [1.29, 1.82) is 0 Å². The third-order valence-corrected chi connectivity index (χ3v) is 5.17. The molecule has 1 unspecified atom stereocenters. The molecule has 6 nitrogen and oxygen atoms in total. The molecule has 1 amide bonds. The Bertz CT molecular complexity index is 510. The van der Waals surface area contributed by atoms with Gasteiger partial charge in [-0.25, -0.2) is 0 Å². The first-order valence-electron chi connectivity index (χ1n) is 7.98. The topological polar surface area (TPSA) is 51.2 Å². The fraction of sp³-hybridized carbons (Fsp3) is 0.688. The van der Waals surface area contributed by atoms with Gasteiger partial charge in [-0.15, -0.1) is 11.3 Å². The summed E-state index contributed by atoms with van der Waals surface area (Å²) >= 11 is 1.49. The Hall–Kier alpha value is -0.990. The number of morpholine rings is 1. The molecule has 0 aromatic carbocycles. The van der Waals surface area contributed by atoms with Crippen molar-refractivity contribution in [3.05, 3.63) is 22.4 Å². The van der Waals surface area contributed by atoms with Gasteiger partial charge in [0.05, 0.1) is 37.8 Å². The van der Waals surface area contributed by atoms with Crippen LogP contribution in [-0.4, -0.2) is 87.6 Å². The van der Waals surface area contributed by atoms with Gasteiger partial charge in [0.1, 0.15) is 5.60 Å². The van der Waals surface area contributed by atoms with Gasteiger partial charge in [-0.2, -0.15) is 0 Å². The molecule has 1 aromatic heterocycles. The van der Waals surface area contributed by atoms with E-state index in [4.69, 9.17) is 14.2 Å². The van der Waals surface area contributed by atoms with Crippen LogP contribution in [0.3, 0.4) is 0 Å². The van der Waals surface area contributed by atoms with Crippen LogP contribution in [0.15, 0.2) is 17.5 Å². The summed E-state index contributed by atoms with van der Waals surface area (Å²) in [6.45, 7) is 6.16. The van der Waals surface area contributed by atoms with E-state index in [0.29, 0.717) is 39.5 Å². The van der Waals surface area contributed by atoms with Crippen LogP contribution in [-0.2, 0) is 14.2 Å². The number of hydrogen-bond donors (Lipinski definition) is 0. The van der Waals surface area contributed by atoms with E-state index in [1.807, 2.05) is 22.4 Å². The van der Waals surface area contributed by atoms with Crippen LogP contribution < -0.4 is 0 Å². The van der Waals surface area contributed by atoms with E-state index in [-0.39, 0.29) is 5.91 Å². The molecule has 1 atom stereocenters. The summed E-state index contributed by atoms with van der Waals surface area (Å²) in [6.07, 6.45) is 0. The maximum atomic E-state index is 12.6. The highest BCUT2D eigenvalue weighted by Gasteiger charge is 2.41. The summed E-state index contributed by atoms with van der Waals surface area (Å²) in [4.78, 5) is 17.6. The first kappa shape index (κ1) is 16.9. The van der Waals surface area contributed by atoms with E-state index in [1.165, 1.54) is 11.3 Å². The lowest BCUT2D eigenvalue weighted by Gasteiger charge is -2.43. The summed E-state index contributed by atoms with van der Waals surface area (Å²) < 4.78 is 17.1. The van der Waals surface area contributed by atoms with Gasteiger partial charge in [-0.1, -0.05) is 6.07 Å². The van der Waals surface area contributed by atoms with Gasteiger partial charge in [-0.05, 0) is 11.4 Å². The number of amides is 1. The molecule has 0 saturated carbocycles. The lowest BCUT2D eigenvalue weighted by molar-refractivity contribution is -0.133. The molecular formula is C16H24N2O4S. The molecule has 3 rings (SSSR count). The smallest absolute Gasteiger partial charge is 0.264 e. The highest BCUT2D eigenvalue weighted by atomic mass is 32.1. The van der Waals surface area contributed by atoms with Crippen LogP contribution in [0.25, 0.3) is 0 Å². The number of carbonyl (C=O) groups is 1. The molecule has 23 heavy (non-hydrogen) atoms. The van der Waals surface area contributed by atoms with E-state index in [0.717, 1.165) is 24.5 Å². The quantitative estimate of drug-likeness (QED) is 0.816. The van der Waals surface area contributed by atoms with Crippen LogP contribution >= 0.6 is 11.3 Å². The van der Waals surface area contributed by atoms with Gasteiger partial charge in [0.25, 0.3) is 5.91 Å². The Morgan fingerprint density at radius 3 is 3.09 bits per heavy atom. The second kappa shape index (κ2) is 7.72. The number of thiophene rings is 1. The Labute approximate surface area is 140 Å². The molecule has 2 fully saturated rings. The number of rotatable bonds is 4. The molecule has 2 aliphatic rings. The molecule has 2 aliphatic heterocycles. The van der Waals surface area contributed by atoms with Crippen molar-refractivity contribution in [2.24, 2.45) is 0 Å². The summed E-state index contributed by atoms with van der Waals surface area (Å²) in [5.74, 6) is 0.0929. The second-order valence-electron chi connectivity index (χ2n) is 6.06. The van der Waals surface area contributed by atoms with Crippen LogP contribution in [0.4, 0.5) is 0 Å². The first-order chi connectivity index (χ1) is 11.2. The minimum Gasteiger partial charge on any atom is -0.383 e. The standard InChI is InChI=1S/C16H24N2O4S/c1-20-7-4-17-5-8-21-13-16(11-17)12-18(6-9-22-16)15(19)14-3-2-10-23-14/h2-3,10H,4-9,11-13H2,1H3. The fourth-order valence-corrected chi connectivity index (χ4v) is 3.84. The highest BCUT2D eigenvalue weighted by molar-refractivity contribution is 7.12. The van der Waals surface area contributed by atoms with Gasteiger partial charge in [0, 0.05) is 33.3 Å². The molecule has 0 aliphatic carbocycles. The lowest BCUT2D eigenvalue weighted by Crippen LogP contribution is -2.60. The molecule has 0 bridgehead atoms. The Kier molecular flexibility index (Phi) is 5.66. The summed E-state index contributed by atoms with van der Waals surface area (Å²) in [5.41, 5.74) is -0.435. The van der Waals surface area contributed by atoms with E-state index in [2.05, 4.69) is 4.90 Å². The van der Waals surface area contributed by atoms with Gasteiger partial charge < -0.3 is 19.1 Å². The van der Waals surface area contributed by atoms with Crippen molar-refractivity contribution in [2.45, 2.75) is 5.60 Å². The van der Waals surface area contributed by atoms with Crippen molar-refractivity contribution < 1.29 is 19.0 Å². The zero-order valence-electron chi connectivity index (χ0n) is 13.5. The van der Waals surface area contributed by atoms with Crippen molar-refractivity contribution >= 4 is 17.2 Å². The largest absolute Gasteiger partial charge is 0.383 e. The zero-order chi connectivity index (χ0) is 16.1. The SMILES string of the molecule is COCCN1CCOCC2(C1)CN(C(=O)c1cccs1)CCO2.